The first-order chi connectivity index (χ1) is 6.13. The van der Waals surface area contributed by atoms with Gasteiger partial charge in [-0.3, -0.25) is 4.79 Å². The van der Waals surface area contributed by atoms with Crippen LogP contribution in [0.1, 0.15) is 5.56 Å². The van der Waals surface area contributed by atoms with Crippen LogP contribution < -0.4 is 0 Å². The van der Waals surface area contributed by atoms with Gasteiger partial charge in [0, 0.05) is 9.99 Å². The fraction of sp³-hybridized carbons (Fsp3) is 0.222. The normalized spacial score (nSPS) is 10.1. The van der Waals surface area contributed by atoms with Gasteiger partial charge in [-0.05, 0) is 46.4 Å². The van der Waals surface area contributed by atoms with E-state index in [4.69, 9.17) is 11.6 Å². The first-order valence-electron chi connectivity index (χ1n) is 3.65. The van der Waals surface area contributed by atoms with Crippen molar-refractivity contribution in [3.8, 4) is 0 Å². The number of alkyl halides is 1. The number of carbonyl (C=O) groups is 1. The predicted octanol–water partition coefficient (Wildman–Crippen LogP) is 2.78. The fourth-order valence-corrected chi connectivity index (χ4v) is 1.56. The van der Waals surface area contributed by atoms with Gasteiger partial charge < -0.3 is 0 Å². The van der Waals surface area contributed by atoms with Crippen LogP contribution in [0.15, 0.2) is 18.2 Å². The molecule has 0 bridgehead atoms. The van der Waals surface area contributed by atoms with E-state index in [0.29, 0.717) is 5.56 Å². The molecule has 0 atom stereocenters. The summed E-state index contributed by atoms with van der Waals surface area (Å²) in [4.78, 5) is 11.0. The number of carbonyl (C=O) groups excluding carboxylic acids is 1. The van der Waals surface area contributed by atoms with Gasteiger partial charge in [0.2, 0.25) is 0 Å². The molecular formula is C9H7ClFIO. The Bertz CT molecular complexity index is 327. The van der Waals surface area contributed by atoms with Gasteiger partial charge in [0.25, 0.3) is 0 Å². The fourth-order valence-electron chi connectivity index (χ4n) is 0.938. The molecule has 0 spiro atoms. The molecule has 0 radical (unpaired) electrons. The molecule has 0 aliphatic carbocycles. The minimum atomic E-state index is -0.321. The van der Waals surface area contributed by atoms with Crippen molar-refractivity contribution in [3.05, 3.63) is 33.1 Å². The molecule has 1 aromatic carbocycles. The van der Waals surface area contributed by atoms with Crippen LogP contribution >= 0.6 is 34.2 Å². The number of Topliss-reactive ketones (excluding diaryl/α,β-unsaturated/α-hetero) is 1. The molecule has 0 amide bonds. The summed E-state index contributed by atoms with van der Waals surface area (Å²) < 4.78 is 13.6. The maximum absolute atomic E-state index is 12.8. The van der Waals surface area contributed by atoms with Crippen LogP contribution in [0.5, 0.6) is 0 Å². The summed E-state index contributed by atoms with van der Waals surface area (Å²) in [6.45, 7) is 0. The van der Waals surface area contributed by atoms with Gasteiger partial charge in [0.05, 0.1) is 5.88 Å². The minimum absolute atomic E-state index is 0.0212. The van der Waals surface area contributed by atoms with Crippen molar-refractivity contribution in [3.63, 3.8) is 0 Å². The first-order valence-corrected chi connectivity index (χ1v) is 5.26. The Balaban J connectivity index is 2.87. The Morgan fingerprint density at radius 3 is 2.85 bits per heavy atom. The molecule has 0 aliphatic rings. The van der Waals surface area contributed by atoms with E-state index in [1.54, 1.807) is 6.07 Å². The van der Waals surface area contributed by atoms with Crippen LogP contribution in [0.25, 0.3) is 0 Å². The quantitative estimate of drug-likeness (QED) is 0.619. The highest BCUT2D eigenvalue weighted by molar-refractivity contribution is 14.1. The third-order valence-electron chi connectivity index (χ3n) is 1.54. The number of hydrogen-bond acceptors (Lipinski definition) is 1. The molecule has 1 nitrogen and oxygen atoms in total. The van der Waals surface area contributed by atoms with Crippen molar-refractivity contribution >= 4 is 40.0 Å². The molecule has 0 aromatic heterocycles. The maximum atomic E-state index is 12.8. The molecule has 0 heterocycles. The smallest absolute Gasteiger partial charge is 0.151 e. The molecule has 0 unspecified atom stereocenters. The van der Waals surface area contributed by atoms with Crippen molar-refractivity contribution < 1.29 is 9.18 Å². The van der Waals surface area contributed by atoms with E-state index in [1.165, 1.54) is 12.1 Å². The van der Waals surface area contributed by atoms with Gasteiger partial charge in [-0.2, -0.15) is 0 Å². The predicted molar refractivity (Wildman–Crippen MR) is 58.5 cm³/mol. The molecule has 0 fully saturated rings. The van der Waals surface area contributed by atoms with E-state index < -0.39 is 0 Å². The second-order valence-corrected chi connectivity index (χ2v) is 4.01. The number of benzene rings is 1. The lowest BCUT2D eigenvalue weighted by molar-refractivity contribution is -0.116. The standard InChI is InChI=1S/C9H7ClFIO/c10-5-8(13)4-6-3-7(11)1-2-9(6)12/h1-3H,4-5H2. The van der Waals surface area contributed by atoms with Crippen LogP contribution in [0, 0.1) is 9.39 Å². The van der Waals surface area contributed by atoms with E-state index in [-0.39, 0.29) is 23.9 Å². The maximum Gasteiger partial charge on any atom is 0.151 e. The summed E-state index contributed by atoms with van der Waals surface area (Å²) in [5.74, 6) is -0.435. The van der Waals surface area contributed by atoms with Gasteiger partial charge in [-0.25, -0.2) is 4.39 Å². The lowest BCUT2D eigenvalue weighted by atomic mass is 10.1. The topological polar surface area (TPSA) is 17.1 Å². The Kier molecular flexibility index (Phi) is 4.12. The third-order valence-corrected chi connectivity index (χ3v) is 2.89. The molecule has 0 aliphatic heterocycles. The van der Waals surface area contributed by atoms with Gasteiger partial charge in [0.15, 0.2) is 5.78 Å². The number of rotatable bonds is 3. The summed E-state index contributed by atoms with van der Waals surface area (Å²) in [6.07, 6.45) is 0.208. The van der Waals surface area contributed by atoms with Crippen LogP contribution in [-0.2, 0) is 11.2 Å². The van der Waals surface area contributed by atoms with Gasteiger partial charge >= 0.3 is 0 Å². The molecule has 0 N–H and O–H groups in total. The summed E-state index contributed by atoms with van der Waals surface area (Å²) in [6, 6.07) is 4.38. The third kappa shape index (κ3) is 3.23. The Morgan fingerprint density at radius 2 is 2.23 bits per heavy atom. The van der Waals surface area contributed by atoms with Crippen LogP contribution in [0.3, 0.4) is 0 Å². The van der Waals surface area contributed by atoms with Gasteiger partial charge in [-0.1, -0.05) is 0 Å². The Hall–Kier alpha value is -0.160. The van der Waals surface area contributed by atoms with Crippen LogP contribution in [0.2, 0.25) is 0 Å². The van der Waals surface area contributed by atoms with E-state index >= 15 is 0 Å². The average molecular weight is 313 g/mol. The molecule has 1 aromatic rings. The zero-order valence-electron chi connectivity index (χ0n) is 6.69. The molecule has 0 saturated heterocycles. The summed E-state index contributed by atoms with van der Waals surface area (Å²) in [5, 5.41) is 0. The van der Waals surface area contributed by atoms with E-state index in [2.05, 4.69) is 22.6 Å². The van der Waals surface area contributed by atoms with E-state index in [1.807, 2.05) is 0 Å². The first kappa shape index (κ1) is 10.9. The number of ketones is 1. The SMILES string of the molecule is O=C(CCl)Cc1cc(F)ccc1I. The molecule has 70 valence electrons. The van der Waals surface area contributed by atoms with E-state index in [0.717, 1.165) is 3.57 Å². The second-order valence-electron chi connectivity index (χ2n) is 2.58. The highest BCUT2D eigenvalue weighted by Gasteiger charge is 2.06. The molecule has 13 heavy (non-hydrogen) atoms. The zero-order chi connectivity index (χ0) is 9.84. The van der Waals surface area contributed by atoms with Crippen molar-refractivity contribution in [1.29, 1.82) is 0 Å². The summed E-state index contributed by atoms with van der Waals surface area (Å²) in [7, 11) is 0. The molecular weight excluding hydrogens is 305 g/mol. The number of hydrogen-bond donors (Lipinski definition) is 0. The Morgan fingerprint density at radius 1 is 1.54 bits per heavy atom. The lowest BCUT2D eigenvalue weighted by Crippen LogP contribution is -2.05. The highest BCUT2D eigenvalue weighted by atomic mass is 127. The minimum Gasteiger partial charge on any atom is -0.298 e. The molecule has 4 heteroatoms. The molecule has 1 rings (SSSR count). The van der Waals surface area contributed by atoms with Crippen molar-refractivity contribution in [2.75, 3.05) is 5.88 Å². The second kappa shape index (κ2) is 4.91. The summed E-state index contributed by atoms with van der Waals surface area (Å²) >= 11 is 7.41. The van der Waals surface area contributed by atoms with Crippen molar-refractivity contribution in [1.82, 2.24) is 0 Å². The average Bonchev–Trinajstić information content (AvgIpc) is 2.11. The van der Waals surface area contributed by atoms with Crippen LogP contribution in [0.4, 0.5) is 4.39 Å². The number of halogens is 3. The van der Waals surface area contributed by atoms with Gasteiger partial charge in [-0.15, -0.1) is 11.6 Å². The zero-order valence-corrected chi connectivity index (χ0v) is 9.60. The highest BCUT2D eigenvalue weighted by Crippen LogP contribution is 2.14. The van der Waals surface area contributed by atoms with Gasteiger partial charge in [0.1, 0.15) is 5.82 Å². The monoisotopic (exact) mass is 312 g/mol. The molecule has 0 saturated carbocycles. The van der Waals surface area contributed by atoms with Crippen molar-refractivity contribution in [2.45, 2.75) is 6.42 Å². The van der Waals surface area contributed by atoms with Crippen LogP contribution in [-0.4, -0.2) is 11.7 Å². The lowest BCUT2D eigenvalue weighted by Gasteiger charge is -2.01. The van der Waals surface area contributed by atoms with Crippen molar-refractivity contribution in [2.24, 2.45) is 0 Å². The Labute approximate surface area is 94.4 Å². The largest absolute Gasteiger partial charge is 0.298 e. The summed E-state index contributed by atoms with van der Waals surface area (Å²) in [5.41, 5.74) is 0.700. The van der Waals surface area contributed by atoms with E-state index in [9.17, 15) is 9.18 Å².